The zero-order valence-electron chi connectivity index (χ0n) is 9.03. The summed E-state index contributed by atoms with van der Waals surface area (Å²) >= 11 is 3.30. The summed E-state index contributed by atoms with van der Waals surface area (Å²) in [5, 5.41) is 5.03. The molecule has 1 fully saturated rings. The van der Waals surface area contributed by atoms with Gasteiger partial charge in [0, 0.05) is 13.2 Å². The van der Waals surface area contributed by atoms with Crippen LogP contribution in [0.2, 0.25) is 0 Å². The van der Waals surface area contributed by atoms with Crippen LogP contribution in [-0.4, -0.2) is 41.9 Å². The molecule has 7 nitrogen and oxygen atoms in total. The van der Waals surface area contributed by atoms with Gasteiger partial charge in [-0.1, -0.05) is 0 Å². The summed E-state index contributed by atoms with van der Waals surface area (Å²) in [7, 11) is 1.70. The van der Waals surface area contributed by atoms with Crippen molar-refractivity contribution >= 4 is 39.5 Å². The molecule has 1 aromatic rings. The number of aromatic nitrogens is 2. The lowest BCUT2D eigenvalue weighted by atomic mass is 10.3. The highest BCUT2D eigenvalue weighted by atomic mass is 79.9. The second-order valence-electron chi connectivity index (χ2n) is 3.44. The van der Waals surface area contributed by atoms with Gasteiger partial charge in [0.15, 0.2) is 0 Å². The zero-order chi connectivity index (χ0) is 12.4. The van der Waals surface area contributed by atoms with Crippen molar-refractivity contribution in [2.45, 2.75) is 0 Å². The summed E-state index contributed by atoms with van der Waals surface area (Å²) in [5.41, 5.74) is 0. The Balaban J connectivity index is 2.32. The van der Waals surface area contributed by atoms with Crippen molar-refractivity contribution in [2.75, 3.05) is 30.4 Å². The Kier molecular flexibility index (Phi) is 3.23. The fourth-order valence-electron chi connectivity index (χ4n) is 1.49. The number of carbonyl (C=O) groups excluding carboxylic acids is 2. The second-order valence-corrected chi connectivity index (χ2v) is 4.30. The maximum atomic E-state index is 11.3. The van der Waals surface area contributed by atoms with Crippen LogP contribution in [0.5, 0.6) is 0 Å². The van der Waals surface area contributed by atoms with Gasteiger partial charge in [0.05, 0.1) is 17.6 Å². The molecule has 17 heavy (non-hydrogen) atoms. The number of halogens is 1. The first-order valence-corrected chi connectivity index (χ1v) is 5.67. The molecule has 0 aliphatic carbocycles. The van der Waals surface area contributed by atoms with Gasteiger partial charge >= 0.3 is 0 Å². The van der Waals surface area contributed by atoms with Crippen molar-refractivity contribution < 1.29 is 9.59 Å². The van der Waals surface area contributed by atoms with Crippen LogP contribution >= 0.6 is 15.9 Å². The van der Waals surface area contributed by atoms with Gasteiger partial charge in [-0.05, 0) is 15.9 Å². The predicted octanol–water partition coefficient (Wildman–Crippen LogP) is -0.256. The first-order valence-electron chi connectivity index (χ1n) is 4.88. The van der Waals surface area contributed by atoms with Crippen LogP contribution in [0.15, 0.2) is 10.7 Å². The van der Waals surface area contributed by atoms with Crippen molar-refractivity contribution in [3.05, 3.63) is 10.7 Å². The molecule has 90 valence electrons. The van der Waals surface area contributed by atoms with Gasteiger partial charge in [0.25, 0.3) is 0 Å². The van der Waals surface area contributed by atoms with Crippen molar-refractivity contribution in [1.82, 2.24) is 15.3 Å². The quantitative estimate of drug-likeness (QED) is 0.732. The number of amides is 2. The Morgan fingerprint density at radius 3 is 2.65 bits per heavy atom. The number of rotatable bonds is 2. The molecule has 2 N–H and O–H groups in total. The van der Waals surface area contributed by atoms with Crippen molar-refractivity contribution in [1.29, 1.82) is 0 Å². The molecule has 0 bridgehead atoms. The number of nitrogens with zero attached hydrogens (tertiary/aromatic N) is 3. The first kappa shape index (κ1) is 11.8. The molecule has 0 spiro atoms. The molecule has 2 rings (SSSR count). The van der Waals surface area contributed by atoms with E-state index in [2.05, 4.69) is 36.5 Å². The molecule has 0 saturated carbocycles. The van der Waals surface area contributed by atoms with Crippen LogP contribution in [0.3, 0.4) is 0 Å². The van der Waals surface area contributed by atoms with Crippen molar-refractivity contribution in [3.63, 3.8) is 0 Å². The molecule has 0 unspecified atom stereocenters. The highest BCUT2D eigenvalue weighted by Crippen LogP contribution is 2.24. The van der Waals surface area contributed by atoms with Crippen LogP contribution in [0.25, 0.3) is 0 Å². The van der Waals surface area contributed by atoms with E-state index < -0.39 is 0 Å². The van der Waals surface area contributed by atoms with E-state index in [1.807, 2.05) is 0 Å². The minimum absolute atomic E-state index is 0.102. The third kappa shape index (κ3) is 2.52. The fraction of sp³-hybridized carbons (Fsp3) is 0.333. The van der Waals surface area contributed by atoms with Gasteiger partial charge < -0.3 is 10.2 Å². The smallest absolute Gasteiger partial charge is 0.246 e. The molecule has 1 aliphatic heterocycles. The first-order chi connectivity index (χ1) is 8.10. The highest BCUT2D eigenvalue weighted by molar-refractivity contribution is 9.10. The predicted molar refractivity (Wildman–Crippen MR) is 64.6 cm³/mol. The molecule has 1 aliphatic rings. The molecule has 0 atom stereocenters. The van der Waals surface area contributed by atoms with E-state index in [0.717, 1.165) is 0 Å². The Labute approximate surface area is 106 Å². The summed E-state index contributed by atoms with van der Waals surface area (Å²) < 4.78 is 0.638. The van der Waals surface area contributed by atoms with Crippen molar-refractivity contribution in [2.24, 2.45) is 0 Å². The van der Waals surface area contributed by atoms with E-state index in [1.54, 1.807) is 18.1 Å². The Morgan fingerprint density at radius 2 is 2.06 bits per heavy atom. The molecule has 2 amide bonds. The third-order valence-electron chi connectivity index (χ3n) is 2.20. The van der Waals surface area contributed by atoms with Crippen LogP contribution in [0, 0.1) is 0 Å². The lowest BCUT2D eigenvalue weighted by Gasteiger charge is -2.27. The lowest BCUT2D eigenvalue weighted by Crippen LogP contribution is -2.51. The number of piperazine rings is 1. The third-order valence-corrected chi connectivity index (χ3v) is 2.76. The normalized spacial score (nSPS) is 15.8. The van der Waals surface area contributed by atoms with E-state index in [4.69, 9.17) is 0 Å². The fourth-order valence-corrected chi connectivity index (χ4v) is 1.93. The van der Waals surface area contributed by atoms with Gasteiger partial charge in [-0.2, -0.15) is 4.98 Å². The molecular formula is C9H10BrN5O2. The lowest BCUT2D eigenvalue weighted by molar-refractivity contribution is -0.130. The van der Waals surface area contributed by atoms with Crippen LogP contribution in [0.1, 0.15) is 0 Å². The Bertz CT molecular complexity index is 462. The summed E-state index contributed by atoms with van der Waals surface area (Å²) in [6.45, 7) is 0.203. The average molecular weight is 300 g/mol. The Morgan fingerprint density at radius 1 is 1.41 bits per heavy atom. The van der Waals surface area contributed by atoms with Gasteiger partial charge in [0.1, 0.15) is 5.82 Å². The van der Waals surface area contributed by atoms with Crippen LogP contribution in [-0.2, 0) is 9.59 Å². The van der Waals surface area contributed by atoms with Gasteiger partial charge in [-0.3, -0.25) is 14.9 Å². The summed E-state index contributed by atoms with van der Waals surface area (Å²) in [5.74, 6) is 0.282. The number of anilines is 2. The minimum Gasteiger partial charge on any atom is -0.357 e. The summed E-state index contributed by atoms with van der Waals surface area (Å²) in [6.07, 6.45) is 1.57. The SMILES string of the molecule is CNc1ncc(Br)c(N2CC(=O)NC(=O)C2)n1. The van der Waals surface area contributed by atoms with Gasteiger partial charge in [-0.15, -0.1) is 0 Å². The maximum Gasteiger partial charge on any atom is 0.246 e. The van der Waals surface area contributed by atoms with E-state index in [0.29, 0.717) is 16.2 Å². The zero-order valence-corrected chi connectivity index (χ0v) is 10.6. The largest absolute Gasteiger partial charge is 0.357 e. The molecule has 2 heterocycles. The number of nitrogens with one attached hydrogen (secondary N) is 2. The number of imide groups is 1. The van der Waals surface area contributed by atoms with Crippen molar-refractivity contribution in [3.8, 4) is 0 Å². The Hall–Kier alpha value is -1.70. The van der Waals surface area contributed by atoms with Gasteiger partial charge in [0.2, 0.25) is 17.8 Å². The van der Waals surface area contributed by atoms with E-state index in [1.165, 1.54) is 0 Å². The molecular weight excluding hydrogens is 290 g/mol. The van der Waals surface area contributed by atoms with Crippen LogP contribution in [0.4, 0.5) is 11.8 Å². The monoisotopic (exact) mass is 299 g/mol. The maximum absolute atomic E-state index is 11.3. The second kappa shape index (κ2) is 4.66. The number of carbonyl (C=O) groups is 2. The molecule has 0 radical (unpaired) electrons. The van der Waals surface area contributed by atoms with Crippen LogP contribution < -0.4 is 15.5 Å². The molecule has 1 saturated heterocycles. The molecule has 1 aromatic heterocycles. The minimum atomic E-state index is -0.335. The summed E-state index contributed by atoms with van der Waals surface area (Å²) in [6, 6.07) is 0. The highest BCUT2D eigenvalue weighted by Gasteiger charge is 2.25. The van der Waals surface area contributed by atoms with Gasteiger partial charge in [-0.25, -0.2) is 4.98 Å². The van der Waals surface area contributed by atoms with E-state index >= 15 is 0 Å². The average Bonchev–Trinajstić information content (AvgIpc) is 2.28. The number of hydrogen-bond acceptors (Lipinski definition) is 6. The summed E-state index contributed by atoms with van der Waals surface area (Å²) in [4.78, 5) is 32.4. The standard InChI is InChI=1S/C9H10BrN5O2/c1-11-9-12-2-5(10)8(14-9)15-3-6(16)13-7(17)4-15/h2H,3-4H2,1H3,(H,11,12,14)(H,13,16,17). The topological polar surface area (TPSA) is 87.2 Å². The molecule has 0 aromatic carbocycles. The molecule has 8 heteroatoms. The number of hydrogen-bond donors (Lipinski definition) is 2. The van der Waals surface area contributed by atoms with E-state index in [-0.39, 0.29) is 24.9 Å². The van der Waals surface area contributed by atoms with E-state index in [9.17, 15) is 9.59 Å².